The van der Waals surface area contributed by atoms with Gasteiger partial charge in [-0.25, -0.2) is 4.39 Å². The number of hydrogen-bond acceptors (Lipinski definition) is 2. The lowest BCUT2D eigenvalue weighted by Crippen LogP contribution is -2.32. The van der Waals surface area contributed by atoms with E-state index < -0.39 is 0 Å². The minimum atomic E-state index is -0.207. The number of nitrogens with one attached hydrogen (secondary N) is 1. The van der Waals surface area contributed by atoms with Crippen LogP contribution in [0.15, 0.2) is 54.9 Å². The number of H-pyrrole nitrogens is 1. The van der Waals surface area contributed by atoms with E-state index in [4.69, 9.17) is 0 Å². The summed E-state index contributed by atoms with van der Waals surface area (Å²) in [6, 6.07) is 11.6. The van der Waals surface area contributed by atoms with Crippen molar-refractivity contribution in [3.8, 4) is 22.4 Å². The Kier molecular flexibility index (Phi) is 5.26. The van der Waals surface area contributed by atoms with Gasteiger partial charge >= 0.3 is 0 Å². The summed E-state index contributed by atoms with van der Waals surface area (Å²) in [4.78, 5) is 10.6. The van der Waals surface area contributed by atoms with Gasteiger partial charge in [-0.05, 0) is 85.3 Å². The van der Waals surface area contributed by atoms with Crippen LogP contribution in [0.1, 0.15) is 43.9 Å². The Labute approximate surface area is 177 Å². The minimum absolute atomic E-state index is 0.207. The molecule has 2 aromatic heterocycles. The molecule has 1 fully saturated rings. The van der Waals surface area contributed by atoms with E-state index in [2.05, 4.69) is 40.0 Å². The average molecular weight is 402 g/mol. The SMILES string of the molecule is CCCc1[nH]c(-c2ccc(F)cc2)c(-c2ccncc2)c1C1=CC2CCCN2CC1. The highest BCUT2D eigenvalue weighted by Gasteiger charge is 2.30. The first kappa shape index (κ1) is 19.3. The molecule has 2 aliphatic rings. The highest BCUT2D eigenvalue weighted by molar-refractivity contribution is 5.93. The van der Waals surface area contributed by atoms with Gasteiger partial charge in [0.2, 0.25) is 0 Å². The second-order valence-electron chi connectivity index (χ2n) is 8.41. The first-order valence-electron chi connectivity index (χ1n) is 11.1. The summed E-state index contributed by atoms with van der Waals surface area (Å²) in [6.07, 6.45) is 11.9. The molecule has 2 aliphatic heterocycles. The van der Waals surface area contributed by atoms with Crippen LogP contribution in [0.4, 0.5) is 4.39 Å². The number of benzene rings is 1. The molecule has 0 amide bonds. The Morgan fingerprint density at radius 3 is 2.60 bits per heavy atom. The molecule has 0 bridgehead atoms. The van der Waals surface area contributed by atoms with Gasteiger partial charge in [0.05, 0.1) is 5.69 Å². The smallest absolute Gasteiger partial charge is 0.123 e. The summed E-state index contributed by atoms with van der Waals surface area (Å²) >= 11 is 0. The van der Waals surface area contributed by atoms with Gasteiger partial charge in [0.15, 0.2) is 0 Å². The molecule has 0 saturated carbocycles. The van der Waals surface area contributed by atoms with Crippen molar-refractivity contribution >= 4 is 5.57 Å². The zero-order chi connectivity index (χ0) is 20.5. The van der Waals surface area contributed by atoms with Crippen LogP contribution in [0.2, 0.25) is 0 Å². The molecular formula is C26H28FN3. The third-order valence-corrected chi connectivity index (χ3v) is 6.48. The predicted octanol–water partition coefficient (Wildman–Crippen LogP) is 6.09. The summed E-state index contributed by atoms with van der Waals surface area (Å²) in [5.41, 5.74) is 8.59. The Morgan fingerprint density at radius 2 is 1.83 bits per heavy atom. The fraction of sp³-hybridized carbons (Fsp3) is 0.346. The number of fused-ring (bicyclic) bond motifs is 1. The summed E-state index contributed by atoms with van der Waals surface area (Å²) in [6.45, 7) is 4.58. The molecule has 0 spiro atoms. The van der Waals surface area contributed by atoms with Crippen molar-refractivity contribution in [2.45, 2.75) is 45.1 Å². The van der Waals surface area contributed by atoms with Crippen molar-refractivity contribution < 1.29 is 4.39 Å². The van der Waals surface area contributed by atoms with Crippen LogP contribution in [-0.2, 0) is 6.42 Å². The Balaban J connectivity index is 1.73. The van der Waals surface area contributed by atoms with Crippen LogP contribution < -0.4 is 0 Å². The molecule has 4 heterocycles. The van der Waals surface area contributed by atoms with Crippen LogP contribution in [0, 0.1) is 5.82 Å². The Hall–Kier alpha value is -2.72. The van der Waals surface area contributed by atoms with Gasteiger partial charge in [-0.1, -0.05) is 19.4 Å². The van der Waals surface area contributed by atoms with Crippen molar-refractivity contribution in [2.24, 2.45) is 0 Å². The number of aromatic nitrogens is 2. The third kappa shape index (κ3) is 3.50. The zero-order valence-electron chi connectivity index (χ0n) is 17.5. The fourth-order valence-corrected chi connectivity index (χ4v) is 5.09. The number of halogens is 1. The number of nitrogens with zero attached hydrogens (tertiary/aromatic N) is 2. The molecule has 3 nitrogen and oxygen atoms in total. The number of hydrogen-bond donors (Lipinski definition) is 1. The summed E-state index contributed by atoms with van der Waals surface area (Å²) in [7, 11) is 0. The van der Waals surface area contributed by atoms with Crippen molar-refractivity contribution in [1.29, 1.82) is 0 Å². The fourth-order valence-electron chi connectivity index (χ4n) is 5.09. The van der Waals surface area contributed by atoms with Crippen molar-refractivity contribution in [3.05, 3.63) is 71.9 Å². The quantitative estimate of drug-likeness (QED) is 0.561. The molecule has 1 aromatic carbocycles. The maximum atomic E-state index is 13.6. The zero-order valence-corrected chi connectivity index (χ0v) is 17.5. The van der Waals surface area contributed by atoms with Crippen molar-refractivity contribution in [3.63, 3.8) is 0 Å². The largest absolute Gasteiger partial charge is 0.357 e. The predicted molar refractivity (Wildman–Crippen MR) is 121 cm³/mol. The van der Waals surface area contributed by atoms with E-state index in [1.807, 2.05) is 24.5 Å². The molecule has 1 unspecified atom stereocenters. The van der Waals surface area contributed by atoms with Crippen LogP contribution in [0.25, 0.3) is 28.0 Å². The maximum Gasteiger partial charge on any atom is 0.123 e. The van der Waals surface area contributed by atoms with Crippen LogP contribution in [-0.4, -0.2) is 34.0 Å². The molecule has 3 aromatic rings. The van der Waals surface area contributed by atoms with E-state index in [1.54, 1.807) is 12.1 Å². The van der Waals surface area contributed by atoms with Gasteiger partial charge in [0.25, 0.3) is 0 Å². The van der Waals surface area contributed by atoms with Gasteiger partial charge in [-0.3, -0.25) is 9.88 Å². The van der Waals surface area contributed by atoms with Crippen LogP contribution >= 0.6 is 0 Å². The molecule has 0 radical (unpaired) electrons. The molecule has 30 heavy (non-hydrogen) atoms. The Bertz CT molecular complexity index is 1050. The molecule has 1 N–H and O–H groups in total. The molecule has 5 rings (SSSR count). The van der Waals surface area contributed by atoms with Crippen molar-refractivity contribution in [2.75, 3.05) is 13.1 Å². The monoisotopic (exact) mass is 401 g/mol. The second-order valence-corrected chi connectivity index (χ2v) is 8.41. The van der Waals surface area contributed by atoms with Crippen LogP contribution in [0.3, 0.4) is 0 Å². The summed E-state index contributed by atoms with van der Waals surface area (Å²) < 4.78 is 13.6. The molecule has 154 valence electrons. The number of aromatic amines is 1. The molecular weight excluding hydrogens is 373 g/mol. The minimum Gasteiger partial charge on any atom is -0.357 e. The van der Waals surface area contributed by atoms with Crippen molar-refractivity contribution in [1.82, 2.24) is 14.9 Å². The lowest BCUT2D eigenvalue weighted by Gasteiger charge is -2.29. The third-order valence-electron chi connectivity index (χ3n) is 6.48. The summed E-state index contributed by atoms with van der Waals surface area (Å²) in [5.74, 6) is -0.207. The first-order valence-corrected chi connectivity index (χ1v) is 11.1. The molecule has 1 atom stereocenters. The van der Waals surface area contributed by atoms with Gasteiger partial charge in [0.1, 0.15) is 5.82 Å². The highest BCUT2D eigenvalue weighted by Crippen LogP contribution is 2.43. The lowest BCUT2D eigenvalue weighted by molar-refractivity contribution is 0.288. The second kappa shape index (κ2) is 8.19. The average Bonchev–Trinajstić information content (AvgIpc) is 3.39. The number of rotatable bonds is 5. The van der Waals surface area contributed by atoms with Gasteiger partial charge in [0, 0.05) is 41.8 Å². The molecule has 0 aliphatic carbocycles. The lowest BCUT2D eigenvalue weighted by atomic mass is 9.88. The van der Waals surface area contributed by atoms with E-state index in [9.17, 15) is 4.39 Å². The number of aryl methyl sites for hydroxylation is 1. The van der Waals surface area contributed by atoms with E-state index in [0.29, 0.717) is 6.04 Å². The first-order chi connectivity index (χ1) is 14.7. The van der Waals surface area contributed by atoms with E-state index in [-0.39, 0.29) is 5.82 Å². The normalized spacial score (nSPS) is 19.0. The van der Waals surface area contributed by atoms with Crippen LogP contribution in [0.5, 0.6) is 0 Å². The summed E-state index contributed by atoms with van der Waals surface area (Å²) in [5, 5.41) is 0. The number of pyridine rings is 1. The standard InChI is InChI=1S/C26H28FN3/c1-2-4-23-24(20-12-16-30-15-3-5-22(30)17-20)25(18-10-13-28-14-11-18)26(29-23)19-6-8-21(27)9-7-19/h6-11,13-14,17,22,29H,2-5,12,15-16H2,1H3. The van der Waals surface area contributed by atoms with Gasteiger partial charge < -0.3 is 4.98 Å². The van der Waals surface area contributed by atoms with Gasteiger partial charge in [-0.2, -0.15) is 0 Å². The topological polar surface area (TPSA) is 31.9 Å². The molecule has 1 saturated heterocycles. The molecule has 4 heteroatoms. The highest BCUT2D eigenvalue weighted by atomic mass is 19.1. The maximum absolute atomic E-state index is 13.6. The van der Waals surface area contributed by atoms with E-state index in [0.717, 1.165) is 42.6 Å². The van der Waals surface area contributed by atoms with Gasteiger partial charge in [-0.15, -0.1) is 0 Å². The Morgan fingerprint density at radius 1 is 1.03 bits per heavy atom. The van der Waals surface area contributed by atoms with E-state index in [1.165, 1.54) is 41.8 Å². The van der Waals surface area contributed by atoms with E-state index >= 15 is 0 Å².